The molecule has 15 heteroatoms. The average Bonchev–Trinajstić information content (AvgIpc) is 3.62. The molecule has 1 aliphatic carbocycles. The van der Waals surface area contributed by atoms with E-state index in [1.807, 2.05) is 38.1 Å². The molecule has 2 aromatic heterocycles. The summed E-state index contributed by atoms with van der Waals surface area (Å²) in [5.41, 5.74) is 3.81. The van der Waals surface area contributed by atoms with Crippen LogP contribution in [0.15, 0.2) is 49.1 Å². The van der Waals surface area contributed by atoms with Crippen molar-refractivity contribution >= 4 is 46.3 Å². The number of hydrogen-bond acceptors (Lipinski definition) is 11. The molecule has 1 fully saturated rings. The monoisotopic (exact) mass is 637 g/mol. The van der Waals surface area contributed by atoms with Gasteiger partial charge in [-0.3, -0.25) is 9.09 Å². The van der Waals surface area contributed by atoms with Crippen molar-refractivity contribution in [1.82, 2.24) is 19.5 Å². The standard InChI is InChI=1S/C30H32N5O9P/c1-13-15-5-3-4-6-16(15)14(2)22-17(13)7-8-18-23(22)24(27(38)28(39)26(18)37)34-29-25-30(32-11-31-29)35(12-33-25)21-9-19(36)20(44-21)10-43-45(40,41)42/h3-8,11-12,19-21,24,26-28,36-39H,9-10H2,1-2H3,(H,31,32,34)(H2,40,41,42)/t19?,20?,21?,24-,26-,27-,28+/m0/s1. The number of ether oxygens (including phenoxy) is 1. The van der Waals surface area contributed by atoms with Crippen LogP contribution in [0.2, 0.25) is 0 Å². The van der Waals surface area contributed by atoms with E-state index in [0.29, 0.717) is 22.3 Å². The van der Waals surface area contributed by atoms with Gasteiger partial charge in [0.05, 0.1) is 25.1 Å². The lowest BCUT2D eigenvalue weighted by Gasteiger charge is -2.39. The summed E-state index contributed by atoms with van der Waals surface area (Å²) in [4.78, 5) is 31.3. The third-order valence-corrected chi connectivity index (χ3v) is 9.50. The smallest absolute Gasteiger partial charge is 0.390 e. The zero-order valence-electron chi connectivity index (χ0n) is 24.2. The van der Waals surface area contributed by atoms with Gasteiger partial charge >= 0.3 is 7.82 Å². The summed E-state index contributed by atoms with van der Waals surface area (Å²) in [7, 11) is -4.75. The topological polar surface area (TPSA) is 213 Å². The van der Waals surface area contributed by atoms with Crippen molar-refractivity contribution in [2.24, 2.45) is 0 Å². The number of benzene rings is 3. The highest BCUT2D eigenvalue weighted by Crippen LogP contribution is 2.46. The van der Waals surface area contributed by atoms with Gasteiger partial charge in [-0.15, -0.1) is 0 Å². The Morgan fingerprint density at radius 3 is 2.44 bits per heavy atom. The van der Waals surface area contributed by atoms with Crippen molar-refractivity contribution in [2.75, 3.05) is 11.9 Å². The van der Waals surface area contributed by atoms with Gasteiger partial charge in [-0.25, -0.2) is 19.5 Å². The first-order chi connectivity index (χ1) is 21.4. The predicted molar refractivity (Wildman–Crippen MR) is 162 cm³/mol. The Labute approximate surface area is 256 Å². The fourth-order valence-corrected chi connectivity index (χ4v) is 7.12. The number of aryl methyl sites for hydroxylation is 2. The number of hydrogen-bond donors (Lipinski definition) is 7. The molecule has 0 amide bonds. The molecule has 3 aromatic carbocycles. The number of anilines is 1. The van der Waals surface area contributed by atoms with Crippen molar-refractivity contribution in [3.63, 3.8) is 0 Å². The van der Waals surface area contributed by atoms with Crippen molar-refractivity contribution in [2.45, 2.75) is 63.1 Å². The number of phosphoric ester groups is 1. The van der Waals surface area contributed by atoms with Gasteiger partial charge in [0.1, 0.15) is 37.0 Å². The van der Waals surface area contributed by atoms with Crippen LogP contribution in [0.3, 0.4) is 0 Å². The molecule has 0 bridgehead atoms. The maximum atomic E-state index is 11.4. The number of imidazole rings is 1. The van der Waals surface area contributed by atoms with Gasteiger partial charge < -0.3 is 40.3 Å². The molecule has 1 aliphatic heterocycles. The van der Waals surface area contributed by atoms with E-state index < -0.39 is 57.2 Å². The molecule has 45 heavy (non-hydrogen) atoms. The van der Waals surface area contributed by atoms with Gasteiger partial charge in [0.25, 0.3) is 0 Å². The van der Waals surface area contributed by atoms with E-state index >= 15 is 0 Å². The summed E-state index contributed by atoms with van der Waals surface area (Å²) in [6.07, 6.45) is -4.19. The molecule has 7 atom stereocenters. The van der Waals surface area contributed by atoms with Gasteiger partial charge in [0.2, 0.25) is 0 Å². The van der Waals surface area contributed by atoms with Crippen molar-refractivity contribution < 1.29 is 44.0 Å². The molecule has 7 N–H and O–H groups in total. The molecule has 0 radical (unpaired) electrons. The summed E-state index contributed by atoms with van der Waals surface area (Å²) in [5.74, 6) is 0.254. The number of aliphatic hydroxyl groups excluding tert-OH is 4. The molecule has 2 aliphatic rings. The Bertz CT molecular complexity index is 2000. The van der Waals surface area contributed by atoms with Crippen LogP contribution >= 0.6 is 7.82 Å². The van der Waals surface area contributed by atoms with E-state index in [0.717, 1.165) is 32.7 Å². The SMILES string of the molecule is Cc1c2ccccc2c(C)c2c3c(ccc12)[C@H](O)[C@@H](O)[C@@H](O)[C@H]3Nc1ncnc2c1ncn2C1CC(O)C(COP(=O)(O)O)O1. The van der Waals surface area contributed by atoms with Crippen LogP contribution in [0, 0.1) is 13.8 Å². The summed E-state index contributed by atoms with van der Waals surface area (Å²) in [6.45, 7) is 3.53. The Morgan fingerprint density at radius 2 is 1.71 bits per heavy atom. The molecule has 236 valence electrons. The van der Waals surface area contributed by atoms with E-state index in [-0.39, 0.29) is 12.2 Å². The molecule has 0 spiro atoms. The number of nitrogens with one attached hydrogen (secondary N) is 1. The Kier molecular flexibility index (Phi) is 7.40. The van der Waals surface area contributed by atoms with Gasteiger partial charge in [-0.1, -0.05) is 36.4 Å². The third kappa shape index (κ3) is 4.99. The number of aromatic nitrogens is 4. The normalized spacial score (nSPS) is 27.0. The highest BCUT2D eigenvalue weighted by atomic mass is 31.2. The van der Waals surface area contributed by atoms with Gasteiger partial charge in [-0.2, -0.15) is 0 Å². The Hall–Kier alpha value is -3.56. The van der Waals surface area contributed by atoms with Crippen molar-refractivity contribution in [3.8, 4) is 0 Å². The maximum absolute atomic E-state index is 11.4. The van der Waals surface area contributed by atoms with Crippen molar-refractivity contribution in [1.29, 1.82) is 0 Å². The molecule has 0 saturated carbocycles. The molecule has 3 heterocycles. The summed E-state index contributed by atoms with van der Waals surface area (Å²) >= 11 is 0. The van der Waals surface area contributed by atoms with Crippen molar-refractivity contribution in [3.05, 3.63) is 71.3 Å². The second-order valence-corrected chi connectivity index (χ2v) is 12.8. The van der Waals surface area contributed by atoms with E-state index in [4.69, 9.17) is 14.5 Å². The maximum Gasteiger partial charge on any atom is 0.469 e. The minimum atomic E-state index is -4.75. The van der Waals surface area contributed by atoms with Gasteiger partial charge in [0, 0.05) is 6.42 Å². The first-order valence-electron chi connectivity index (χ1n) is 14.4. The minimum absolute atomic E-state index is 0.0881. The van der Waals surface area contributed by atoms with E-state index in [2.05, 4.69) is 30.9 Å². The summed E-state index contributed by atoms with van der Waals surface area (Å²) in [5, 5.41) is 51.1. The quantitative estimate of drug-likeness (QED) is 0.105. The first-order valence-corrected chi connectivity index (χ1v) is 15.9. The van der Waals surface area contributed by atoms with Gasteiger partial charge in [0.15, 0.2) is 17.0 Å². The van der Waals surface area contributed by atoms with Crippen LogP contribution in [0.5, 0.6) is 0 Å². The van der Waals surface area contributed by atoms with Crippen LogP contribution in [0.25, 0.3) is 32.7 Å². The second-order valence-electron chi connectivity index (χ2n) is 11.6. The number of fused-ring (bicyclic) bond motifs is 5. The fraction of sp³-hybridized carbons (Fsp3) is 0.367. The Morgan fingerprint density at radius 1 is 0.978 bits per heavy atom. The average molecular weight is 638 g/mol. The highest BCUT2D eigenvalue weighted by molar-refractivity contribution is 7.46. The molecular weight excluding hydrogens is 605 g/mol. The zero-order chi connectivity index (χ0) is 31.8. The summed E-state index contributed by atoms with van der Waals surface area (Å²) < 4.78 is 23.1. The lowest BCUT2D eigenvalue weighted by atomic mass is 9.77. The van der Waals surface area contributed by atoms with E-state index in [9.17, 15) is 25.0 Å². The zero-order valence-corrected chi connectivity index (χ0v) is 25.1. The predicted octanol–water partition coefficient (Wildman–Crippen LogP) is 2.43. The first kappa shape index (κ1) is 30.1. The molecule has 1 saturated heterocycles. The van der Waals surface area contributed by atoms with Crippen LogP contribution in [-0.4, -0.2) is 80.8 Å². The van der Waals surface area contributed by atoms with E-state index in [1.165, 1.54) is 12.7 Å². The number of aliphatic hydroxyl groups is 4. The third-order valence-electron chi connectivity index (χ3n) is 9.01. The summed E-state index contributed by atoms with van der Waals surface area (Å²) in [6, 6.07) is 10.9. The number of phosphoric acid groups is 1. The van der Waals surface area contributed by atoms with Crippen LogP contribution in [0.1, 0.15) is 47.0 Å². The number of rotatable bonds is 6. The largest absolute Gasteiger partial charge is 0.469 e. The number of nitrogens with zero attached hydrogens (tertiary/aromatic N) is 4. The second kappa shape index (κ2) is 11.1. The molecule has 14 nitrogen and oxygen atoms in total. The minimum Gasteiger partial charge on any atom is -0.390 e. The highest BCUT2D eigenvalue weighted by Gasteiger charge is 2.43. The van der Waals surface area contributed by atoms with E-state index in [1.54, 1.807) is 10.6 Å². The van der Waals surface area contributed by atoms with Crippen LogP contribution < -0.4 is 5.32 Å². The van der Waals surface area contributed by atoms with Gasteiger partial charge in [-0.05, 0) is 57.6 Å². The lowest BCUT2D eigenvalue weighted by molar-refractivity contribution is -0.0766. The molecule has 7 rings (SSSR count). The Balaban J connectivity index is 1.30. The molecule has 5 aromatic rings. The molecule has 3 unspecified atom stereocenters. The van der Waals surface area contributed by atoms with Crippen LogP contribution in [-0.2, 0) is 13.8 Å². The molecular formula is C30H32N5O9P. The lowest BCUT2D eigenvalue weighted by Crippen LogP contribution is -2.44. The fourth-order valence-electron chi connectivity index (χ4n) is 6.78. The van der Waals surface area contributed by atoms with Crippen LogP contribution in [0.4, 0.5) is 5.82 Å².